The van der Waals surface area contributed by atoms with E-state index in [9.17, 15) is 14.9 Å². The normalized spacial score (nSPS) is 14.0. The zero-order valence-electron chi connectivity index (χ0n) is 19.7. The van der Waals surface area contributed by atoms with Gasteiger partial charge in [-0.1, -0.05) is 71.1 Å². The minimum absolute atomic E-state index is 0.0270. The highest BCUT2D eigenvalue weighted by atomic mass is 127. The number of nitrogens with zero attached hydrogens (tertiary/aromatic N) is 2. The second-order valence-electron chi connectivity index (χ2n) is 9.27. The molecule has 3 aromatic rings. The number of hydrogen-bond donors (Lipinski definition) is 1. The van der Waals surface area contributed by atoms with Crippen LogP contribution in [0.1, 0.15) is 60.5 Å². The largest absolute Gasteiger partial charge is 0.305 e. The van der Waals surface area contributed by atoms with E-state index >= 15 is 0 Å². The van der Waals surface area contributed by atoms with Crippen LogP contribution in [0.5, 0.6) is 0 Å². The molecule has 0 spiro atoms. The van der Waals surface area contributed by atoms with Gasteiger partial charge >= 0.3 is 0 Å². The van der Waals surface area contributed by atoms with Crippen LogP contribution in [0, 0.1) is 33.9 Å². The van der Waals surface area contributed by atoms with Gasteiger partial charge < -0.3 is 5.32 Å². The zero-order chi connectivity index (χ0) is 24.7. The summed E-state index contributed by atoms with van der Waals surface area (Å²) in [6.45, 7) is 5.91. The number of halogens is 2. The van der Waals surface area contributed by atoms with Gasteiger partial charge in [-0.25, -0.2) is 4.39 Å². The lowest BCUT2D eigenvalue weighted by atomic mass is 9.79. The number of hydrogen-bond acceptors (Lipinski definition) is 3. The summed E-state index contributed by atoms with van der Waals surface area (Å²) >= 11 is 2.36. The maximum Gasteiger partial charge on any atom is 0.123 e. The molecule has 1 N–H and O–H groups in total. The van der Waals surface area contributed by atoms with Crippen LogP contribution in [0.15, 0.2) is 72.8 Å². The van der Waals surface area contributed by atoms with Gasteiger partial charge in [0.25, 0.3) is 0 Å². The van der Waals surface area contributed by atoms with Crippen LogP contribution in [0.3, 0.4) is 0 Å². The molecule has 3 nitrogen and oxygen atoms in total. The van der Waals surface area contributed by atoms with Crippen molar-refractivity contribution in [2.45, 2.75) is 49.6 Å². The molecule has 3 atom stereocenters. The van der Waals surface area contributed by atoms with Crippen molar-refractivity contribution in [3.05, 3.63) is 106 Å². The van der Waals surface area contributed by atoms with Crippen LogP contribution in [0.4, 0.5) is 4.39 Å². The number of benzene rings is 3. The van der Waals surface area contributed by atoms with Crippen LogP contribution in [-0.4, -0.2) is 6.04 Å². The fourth-order valence-electron chi connectivity index (χ4n) is 4.26. The Morgan fingerprint density at radius 3 is 2.18 bits per heavy atom. The Bertz CT molecular complexity index is 1170. The van der Waals surface area contributed by atoms with Gasteiger partial charge in [0.1, 0.15) is 5.82 Å². The first-order valence-electron chi connectivity index (χ1n) is 11.3. The molecular formula is C29H29FIN3. The topological polar surface area (TPSA) is 59.6 Å². The second-order valence-corrected chi connectivity index (χ2v) is 10.0. The van der Waals surface area contributed by atoms with Gasteiger partial charge in [-0.15, -0.1) is 0 Å². The maximum atomic E-state index is 13.6. The third kappa shape index (κ3) is 6.44. The summed E-state index contributed by atoms with van der Waals surface area (Å²) in [5.41, 5.74) is 4.36. The van der Waals surface area contributed by atoms with Crippen LogP contribution in [0.25, 0.3) is 0 Å². The molecule has 0 aliphatic heterocycles. The predicted octanol–water partition coefficient (Wildman–Crippen LogP) is 7.23. The molecule has 174 valence electrons. The second kappa shape index (κ2) is 11.6. The molecule has 34 heavy (non-hydrogen) atoms. The minimum Gasteiger partial charge on any atom is -0.305 e. The Morgan fingerprint density at radius 2 is 1.59 bits per heavy atom. The zero-order valence-corrected chi connectivity index (χ0v) is 21.9. The van der Waals surface area contributed by atoms with Crippen LogP contribution >= 0.6 is 22.6 Å². The summed E-state index contributed by atoms with van der Waals surface area (Å²) in [7, 11) is 0. The highest BCUT2D eigenvalue weighted by Gasteiger charge is 2.34. The van der Waals surface area contributed by atoms with Gasteiger partial charge in [-0.05, 0) is 73.7 Å². The van der Waals surface area contributed by atoms with E-state index in [1.54, 1.807) is 12.1 Å². The van der Waals surface area contributed by atoms with Gasteiger partial charge in [0.15, 0.2) is 0 Å². The van der Waals surface area contributed by atoms with Crippen molar-refractivity contribution in [2.24, 2.45) is 5.41 Å². The Labute approximate surface area is 215 Å². The lowest BCUT2D eigenvalue weighted by Gasteiger charge is -2.35. The summed E-state index contributed by atoms with van der Waals surface area (Å²) in [5, 5.41) is 23.0. The van der Waals surface area contributed by atoms with Gasteiger partial charge in [0.05, 0.1) is 29.2 Å². The molecule has 0 aliphatic carbocycles. The lowest BCUT2D eigenvalue weighted by molar-refractivity contribution is 0.281. The van der Waals surface area contributed by atoms with E-state index in [2.05, 4.69) is 77.3 Å². The molecule has 0 fully saturated rings. The standard InChI is InChI=1S/C29H29FIN3/c1-20(34-28(29(2,3)19-33)24-11-13-26(30)14-12-24)27(25-6-4-5-23(15-25)18-32)16-21-7-9-22(17-31)10-8-21/h4-15,20,27-28,34H,16-17H2,1-3H3/t20-,27+,28?/m0/s1. The van der Waals surface area contributed by atoms with Crippen LogP contribution in [0.2, 0.25) is 0 Å². The summed E-state index contributed by atoms with van der Waals surface area (Å²) in [6, 6.07) is 27.1. The molecule has 0 radical (unpaired) electrons. The first-order valence-corrected chi connectivity index (χ1v) is 12.9. The van der Waals surface area contributed by atoms with Crippen molar-refractivity contribution < 1.29 is 4.39 Å². The molecule has 0 saturated carbocycles. The molecule has 5 heteroatoms. The van der Waals surface area contributed by atoms with E-state index in [1.165, 1.54) is 23.3 Å². The summed E-state index contributed by atoms with van der Waals surface area (Å²) in [6.07, 6.45) is 0.785. The Hall–Kier alpha value is -2.74. The monoisotopic (exact) mass is 565 g/mol. The number of nitriles is 2. The van der Waals surface area contributed by atoms with Gasteiger partial charge in [0, 0.05) is 16.4 Å². The molecule has 0 aromatic heterocycles. The molecule has 0 heterocycles. The average molecular weight is 565 g/mol. The third-order valence-electron chi connectivity index (χ3n) is 6.32. The van der Waals surface area contributed by atoms with Gasteiger partial charge in [-0.3, -0.25) is 0 Å². The first kappa shape index (κ1) is 25.9. The quantitative estimate of drug-likeness (QED) is 0.220. The molecule has 0 aliphatic rings. The molecule has 1 unspecified atom stereocenters. The van der Waals surface area contributed by atoms with E-state index in [0.717, 1.165) is 22.0 Å². The summed E-state index contributed by atoms with van der Waals surface area (Å²) < 4.78 is 14.6. The van der Waals surface area contributed by atoms with Crippen LogP contribution in [-0.2, 0) is 10.8 Å². The van der Waals surface area contributed by atoms with Gasteiger partial charge in [0.2, 0.25) is 0 Å². The van der Waals surface area contributed by atoms with E-state index in [1.807, 2.05) is 32.0 Å². The highest BCUT2D eigenvalue weighted by Crippen LogP contribution is 2.35. The number of alkyl halides is 1. The number of nitrogens with one attached hydrogen (secondary N) is 1. The summed E-state index contributed by atoms with van der Waals surface area (Å²) in [4.78, 5) is 0. The van der Waals surface area contributed by atoms with E-state index in [-0.39, 0.29) is 23.8 Å². The van der Waals surface area contributed by atoms with E-state index in [4.69, 9.17) is 0 Å². The van der Waals surface area contributed by atoms with E-state index < -0.39 is 5.41 Å². The van der Waals surface area contributed by atoms with Crippen molar-refractivity contribution in [2.75, 3.05) is 0 Å². The minimum atomic E-state index is -0.715. The fourth-order valence-corrected chi connectivity index (χ4v) is 4.77. The Kier molecular flexibility index (Phi) is 8.83. The molecule has 0 amide bonds. The SMILES string of the molecule is C[C@H](NC(c1ccc(F)cc1)C(C)(C)C#N)[C@@H](Cc1ccc(CI)cc1)c1cccc(C#N)c1. The smallest absolute Gasteiger partial charge is 0.123 e. The van der Waals surface area contributed by atoms with Gasteiger partial charge in [-0.2, -0.15) is 10.5 Å². The molecule has 3 rings (SSSR count). The molecule has 0 bridgehead atoms. The Balaban J connectivity index is 1.98. The first-order chi connectivity index (χ1) is 16.3. The maximum absolute atomic E-state index is 13.6. The fraction of sp³-hybridized carbons (Fsp3) is 0.310. The highest BCUT2D eigenvalue weighted by molar-refractivity contribution is 14.1. The molecule has 0 saturated heterocycles. The Morgan fingerprint density at radius 1 is 0.941 bits per heavy atom. The van der Waals surface area contributed by atoms with Crippen molar-refractivity contribution in [1.82, 2.24) is 5.32 Å². The van der Waals surface area contributed by atoms with Crippen LogP contribution < -0.4 is 5.32 Å². The van der Waals surface area contributed by atoms with Crippen molar-refractivity contribution in [1.29, 1.82) is 10.5 Å². The van der Waals surface area contributed by atoms with Crippen molar-refractivity contribution in [3.63, 3.8) is 0 Å². The predicted molar refractivity (Wildman–Crippen MR) is 143 cm³/mol. The van der Waals surface area contributed by atoms with E-state index in [0.29, 0.717) is 5.56 Å². The molecule has 3 aromatic carbocycles. The third-order valence-corrected chi connectivity index (χ3v) is 7.20. The lowest BCUT2D eigenvalue weighted by Crippen LogP contribution is -2.42. The van der Waals surface area contributed by atoms with Crippen molar-refractivity contribution >= 4 is 22.6 Å². The van der Waals surface area contributed by atoms with Crippen molar-refractivity contribution in [3.8, 4) is 12.1 Å². The molecular weight excluding hydrogens is 536 g/mol. The average Bonchev–Trinajstić information content (AvgIpc) is 2.86. The number of rotatable bonds is 9. The summed E-state index contributed by atoms with van der Waals surface area (Å²) in [5.74, 6) is -0.234.